The van der Waals surface area contributed by atoms with Crippen LogP contribution in [0.4, 0.5) is 4.39 Å². The molecule has 0 N–H and O–H groups in total. The van der Waals surface area contributed by atoms with Crippen LogP contribution in [0, 0.1) is 17.7 Å². The third-order valence-corrected chi connectivity index (χ3v) is 7.21. The number of halogens is 2. The minimum absolute atomic E-state index is 0.0356. The standard InChI is InChI=1S/C29H24ClFO3S/c1-2-17-8-9-18(23-13-12-21(30)16-25(23)31)15-24(17)26-27(32)19-10-11-20(14-19)28(26)34-29(35)33-22-6-4-3-5-7-22/h3-9,12-13,15-16,19-20H,2,10-11,14H2,1H3/t19-,20+/m1/s1. The number of hydrogen-bond acceptors (Lipinski definition) is 4. The summed E-state index contributed by atoms with van der Waals surface area (Å²) < 4.78 is 26.6. The maximum atomic E-state index is 14.7. The van der Waals surface area contributed by atoms with Crippen molar-refractivity contribution in [1.82, 2.24) is 0 Å². The summed E-state index contributed by atoms with van der Waals surface area (Å²) in [5.74, 6) is 0.830. The first-order valence-electron chi connectivity index (χ1n) is 11.8. The number of Topliss-reactive ketones (excluding diaryl/α,β-unsaturated/α-hetero) is 1. The van der Waals surface area contributed by atoms with Crippen LogP contribution in [0.5, 0.6) is 5.75 Å². The van der Waals surface area contributed by atoms with E-state index < -0.39 is 5.82 Å². The molecule has 0 saturated heterocycles. The number of para-hydroxylation sites is 1. The maximum absolute atomic E-state index is 14.7. The van der Waals surface area contributed by atoms with E-state index in [9.17, 15) is 9.18 Å². The number of thiocarbonyl (C=S) groups is 1. The van der Waals surface area contributed by atoms with Crippen LogP contribution in [0.2, 0.25) is 5.02 Å². The van der Waals surface area contributed by atoms with Crippen LogP contribution in [0.25, 0.3) is 16.7 Å². The molecule has 1 saturated carbocycles. The average molecular weight is 507 g/mol. The van der Waals surface area contributed by atoms with Gasteiger partial charge in [0.2, 0.25) is 0 Å². The molecule has 2 bridgehead atoms. The summed E-state index contributed by atoms with van der Waals surface area (Å²) in [5, 5.41) is 0.292. The van der Waals surface area contributed by atoms with E-state index in [0.717, 1.165) is 30.4 Å². The quantitative estimate of drug-likeness (QED) is 0.331. The first-order chi connectivity index (χ1) is 16.9. The lowest BCUT2D eigenvalue weighted by atomic mass is 9.81. The number of fused-ring (bicyclic) bond motifs is 2. The Morgan fingerprint density at radius 3 is 2.51 bits per heavy atom. The largest absolute Gasteiger partial charge is 0.421 e. The van der Waals surface area contributed by atoms with Crippen molar-refractivity contribution in [3.63, 3.8) is 0 Å². The molecule has 0 aliphatic heterocycles. The second kappa shape index (κ2) is 9.92. The average Bonchev–Trinajstić information content (AvgIpc) is 3.30. The summed E-state index contributed by atoms with van der Waals surface area (Å²) in [6, 6.07) is 19.5. The second-order valence-corrected chi connectivity index (χ2v) is 9.70. The van der Waals surface area contributed by atoms with Gasteiger partial charge in [-0.2, -0.15) is 0 Å². The van der Waals surface area contributed by atoms with Crippen molar-refractivity contribution in [2.24, 2.45) is 11.8 Å². The first-order valence-corrected chi connectivity index (χ1v) is 12.5. The van der Waals surface area contributed by atoms with E-state index in [1.165, 1.54) is 6.07 Å². The minimum atomic E-state index is -0.411. The smallest absolute Gasteiger partial charge is 0.363 e. The number of allylic oxidation sites excluding steroid dienone is 2. The lowest BCUT2D eigenvalue weighted by Gasteiger charge is -2.27. The van der Waals surface area contributed by atoms with E-state index in [4.69, 9.17) is 33.3 Å². The van der Waals surface area contributed by atoms with E-state index >= 15 is 0 Å². The molecule has 1 fully saturated rings. The topological polar surface area (TPSA) is 35.5 Å². The predicted octanol–water partition coefficient (Wildman–Crippen LogP) is 7.80. The third-order valence-electron chi connectivity index (χ3n) is 6.81. The number of ketones is 1. The molecule has 3 aromatic rings. The molecular weight excluding hydrogens is 483 g/mol. The molecular formula is C29H24ClFO3S. The molecule has 0 radical (unpaired) electrons. The lowest BCUT2D eigenvalue weighted by Crippen LogP contribution is -2.25. The molecule has 0 aromatic heterocycles. The number of carbonyl (C=O) groups excluding carboxylic acids is 1. The van der Waals surface area contributed by atoms with Gasteiger partial charge in [-0.25, -0.2) is 4.39 Å². The number of ether oxygens (including phenoxy) is 2. The first kappa shape index (κ1) is 23.7. The van der Waals surface area contributed by atoms with Gasteiger partial charge in [0, 0.05) is 34.6 Å². The lowest BCUT2D eigenvalue weighted by molar-refractivity contribution is -0.117. The number of rotatable bonds is 5. The highest BCUT2D eigenvalue weighted by atomic mass is 35.5. The van der Waals surface area contributed by atoms with Gasteiger partial charge in [0.25, 0.3) is 0 Å². The Labute approximate surface area is 214 Å². The Balaban J connectivity index is 1.59. The highest BCUT2D eigenvalue weighted by molar-refractivity contribution is 7.79. The molecule has 0 spiro atoms. The van der Waals surface area contributed by atoms with E-state index in [1.54, 1.807) is 24.3 Å². The van der Waals surface area contributed by atoms with Crippen LogP contribution >= 0.6 is 23.8 Å². The van der Waals surface area contributed by atoms with Gasteiger partial charge < -0.3 is 9.47 Å². The Morgan fingerprint density at radius 1 is 1.00 bits per heavy atom. The van der Waals surface area contributed by atoms with Gasteiger partial charge in [-0.3, -0.25) is 4.79 Å². The Bertz CT molecular complexity index is 1340. The van der Waals surface area contributed by atoms with Crippen LogP contribution in [-0.2, 0) is 16.0 Å². The second-order valence-electron chi connectivity index (χ2n) is 8.93. The van der Waals surface area contributed by atoms with Gasteiger partial charge in [0.1, 0.15) is 17.3 Å². The van der Waals surface area contributed by atoms with Crippen molar-refractivity contribution in [3.05, 3.63) is 94.5 Å². The summed E-state index contributed by atoms with van der Waals surface area (Å²) in [6.45, 7) is 2.04. The highest BCUT2D eigenvalue weighted by Crippen LogP contribution is 2.48. The normalized spacial score (nSPS) is 19.1. The summed E-state index contributed by atoms with van der Waals surface area (Å²) in [4.78, 5) is 13.6. The predicted molar refractivity (Wildman–Crippen MR) is 140 cm³/mol. The van der Waals surface area contributed by atoms with Crippen molar-refractivity contribution in [2.45, 2.75) is 32.6 Å². The molecule has 5 rings (SSSR count). The van der Waals surface area contributed by atoms with E-state index in [2.05, 4.69) is 0 Å². The fraction of sp³-hybridized carbons (Fsp3) is 0.241. The van der Waals surface area contributed by atoms with Crippen LogP contribution in [0.1, 0.15) is 37.3 Å². The van der Waals surface area contributed by atoms with Crippen LogP contribution in [0.3, 0.4) is 0 Å². The van der Waals surface area contributed by atoms with Crippen LogP contribution in [0.15, 0.2) is 72.5 Å². The van der Waals surface area contributed by atoms with Gasteiger partial charge in [0.05, 0.1) is 5.57 Å². The third kappa shape index (κ3) is 4.75. The van der Waals surface area contributed by atoms with Crippen LogP contribution < -0.4 is 4.74 Å². The molecule has 6 heteroatoms. The fourth-order valence-corrected chi connectivity index (χ4v) is 5.44. The van der Waals surface area contributed by atoms with Gasteiger partial charge >= 0.3 is 5.24 Å². The van der Waals surface area contributed by atoms with Gasteiger partial charge in [0.15, 0.2) is 5.78 Å². The van der Waals surface area contributed by atoms with Crippen molar-refractivity contribution < 1.29 is 18.7 Å². The highest BCUT2D eigenvalue weighted by Gasteiger charge is 2.43. The minimum Gasteiger partial charge on any atom is -0.421 e. The van der Waals surface area contributed by atoms with Crippen molar-refractivity contribution in [3.8, 4) is 16.9 Å². The zero-order chi connectivity index (χ0) is 24.5. The summed E-state index contributed by atoms with van der Waals surface area (Å²) in [6.07, 6.45) is 3.14. The van der Waals surface area contributed by atoms with E-state index in [1.807, 2.05) is 43.3 Å². The molecule has 0 unspecified atom stereocenters. The number of aryl methyl sites for hydroxylation is 1. The Kier molecular flexibility index (Phi) is 6.72. The van der Waals surface area contributed by atoms with Crippen molar-refractivity contribution >= 4 is 40.4 Å². The summed E-state index contributed by atoms with van der Waals surface area (Å²) in [7, 11) is 0. The molecule has 2 aliphatic carbocycles. The molecule has 35 heavy (non-hydrogen) atoms. The molecule has 178 valence electrons. The molecule has 3 nitrogen and oxygen atoms in total. The van der Waals surface area contributed by atoms with E-state index in [-0.39, 0.29) is 22.9 Å². The Hall–Kier alpha value is -3.02. The maximum Gasteiger partial charge on any atom is 0.363 e. The number of benzene rings is 3. The SMILES string of the molecule is CCc1ccc(-c2ccc(Cl)cc2F)cc1C1=C(OC(=S)Oc2ccccc2)[C@H]2CC[C@H](C2)C1=O. The number of carbonyl (C=O) groups is 1. The van der Waals surface area contributed by atoms with Crippen molar-refractivity contribution in [1.29, 1.82) is 0 Å². The monoisotopic (exact) mass is 506 g/mol. The van der Waals surface area contributed by atoms with Crippen LogP contribution in [-0.4, -0.2) is 11.0 Å². The fourth-order valence-electron chi connectivity index (χ4n) is 5.09. The molecule has 2 atom stereocenters. The summed E-state index contributed by atoms with van der Waals surface area (Å²) >= 11 is 11.4. The number of hydrogen-bond donors (Lipinski definition) is 0. The molecule has 0 amide bonds. The molecule has 3 aromatic carbocycles. The Morgan fingerprint density at radius 2 is 1.77 bits per heavy atom. The summed E-state index contributed by atoms with van der Waals surface area (Å²) in [5.41, 5.74) is 3.39. The van der Waals surface area contributed by atoms with E-state index in [0.29, 0.717) is 39.7 Å². The zero-order valence-corrected chi connectivity index (χ0v) is 20.8. The van der Waals surface area contributed by atoms with Gasteiger partial charge in [-0.05, 0) is 78.8 Å². The molecule has 2 aliphatic rings. The van der Waals surface area contributed by atoms with Crippen molar-refractivity contribution in [2.75, 3.05) is 0 Å². The van der Waals surface area contributed by atoms with Gasteiger partial charge in [-0.15, -0.1) is 0 Å². The molecule has 0 heterocycles. The zero-order valence-electron chi connectivity index (χ0n) is 19.2. The van der Waals surface area contributed by atoms with Gasteiger partial charge in [-0.1, -0.05) is 48.9 Å².